The molecule has 3 rings (SSSR count). The Morgan fingerprint density at radius 3 is 3.00 bits per heavy atom. The van der Waals surface area contributed by atoms with Gasteiger partial charge in [0, 0.05) is 12.7 Å². The molecule has 1 aliphatic heterocycles. The SMILES string of the molecule is Cc1cccc(S(=O)(=O)CCCN2CCC[C@H](c3cn[nH]c3)C2)c1. The molecule has 2 heterocycles. The minimum Gasteiger partial charge on any atom is -0.303 e. The molecule has 1 saturated heterocycles. The zero-order valence-electron chi connectivity index (χ0n) is 14.1. The molecule has 0 spiro atoms. The molecule has 1 fully saturated rings. The van der Waals surface area contributed by atoms with Crippen LogP contribution < -0.4 is 0 Å². The van der Waals surface area contributed by atoms with Crippen LogP contribution in [0.4, 0.5) is 0 Å². The Hall–Kier alpha value is -1.66. The fourth-order valence-corrected chi connectivity index (χ4v) is 4.82. The molecule has 0 saturated carbocycles. The van der Waals surface area contributed by atoms with Crippen LogP contribution in [0, 0.1) is 6.92 Å². The van der Waals surface area contributed by atoms with E-state index in [0.717, 1.165) is 31.6 Å². The Bertz CT molecular complexity index is 756. The molecule has 24 heavy (non-hydrogen) atoms. The summed E-state index contributed by atoms with van der Waals surface area (Å²) in [7, 11) is -3.18. The minimum absolute atomic E-state index is 0.212. The third kappa shape index (κ3) is 4.24. The van der Waals surface area contributed by atoms with Crippen LogP contribution in [0.1, 0.15) is 36.3 Å². The van der Waals surface area contributed by atoms with Gasteiger partial charge in [-0.25, -0.2) is 8.42 Å². The summed E-state index contributed by atoms with van der Waals surface area (Å²) in [5.74, 6) is 0.717. The number of aryl methyl sites for hydroxylation is 1. The average molecular weight is 347 g/mol. The topological polar surface area (TPSA) is 66.1 Å². The maximum Gasteiger partial charge on any atom is 0.178 e. The van der Waals surface area contributed by atoms with E-state index in [1.165, 1.54) is 12.0 Å². The predicted molar refractivity (Wildman–Crippen MR) is 94.9 cm³/mol. The first kappa shape index (κ1) is 17.2. The molecule has 6 heteroatoms. The Morgan fingerprint density at radius 1 is 1.38 bits per heavy atom. The van der Waals surface area contributed by atoms with Crippen molar-refractivity contribution in [1.29, 1.82) is 0 Å². The molecule has 0 radical (unpaired) electrons. The number of hydrogen-bond acceptors (Lipinski definition) is 4. The number of H-pyrrole nitrogens is 1. The average Bonchev–Trinajstić information content (AvgIpc) is 3.09. The molecule has 0 aliphatic carbocycles. The molecular weight excluding hydrogens is 322 g/mol. The van der Waals surface area contributed by atoms with E-state index >= 15 is 0 Å². The molecule has 1 aromatic heterocycles. The Labute approximate surface area is 144 Å². The second-order valence-electron chi connectivity index (χ2n) is 6.66. The number of piperidine rings is 1. The van der Waals surface area contributed by atoms with Crippen LogP contribution >= 0.6 is 0 Å². The number of rotatable bonds is 6. The molecule has 0 bridgehead atoms. The van der Waals surface area contributed by atoms with E-state index in [2.05, 4.69) is 15.1 Å². The van der Waals surface area contributed by atoms with Crippen molar-refractivity contribution < 1.29 is 8.42 Å². The van der Waals surface area contributed by atoms with Crippen molar-refractivity contribution in [3.63, 3.8) is 0 Å². The maximum absolute atomic E-state index is 12.4. The lowest BCUT2D eigenvalue weighted by molar-refractivity contribution is 0.208. The van der Waals surface area contributed by atoms with Crippen LogP contribution in [0.25, 0.3) is 0 Å². The van der Waals surface area contributed by atoms with Crippen molar-refractivity contribution in [1.82, 2.24) is 15.1 Å². The van der Waals surface area contributed by atoms with Crippen LogP contribution in [0.5, 0.6) is 0 Å². The summed E-state index contributed by atoms with van der Waals surface area (Å²) >= 11 is 0. The Morgan fingerprint density at radius 2 is 2.25 bits per heavy atom. The highest BCUT2D eigenvalue weighted by Gasteiger charge is 2.22. The molecule has 0 amide bonds. The molecule has 0 unspecified atom stereocenters. The van der Waals surface area contributed by atoms with Crippen LogP contribution in [-0.2, 0) is 9.84 Å². The summed E-state index contributed by atoms with van der Waals surface area (Å²) in [6.45, 7) is 4.80. The van der Waals surface area contributed by atoms with Gasteiger partial charge in [-0.1, -0.05) is 12.1 Å². The molecule has 2 aromatic rings. The van der Waals surface area contributed by atoms with Crippen molar-refractivity contribution in [3.05, 3.63) is 47.8 Å². The Balaban J connectivity index is 1.52. The lowest BCUT2D eigenvalue weighted by atomic mass is 9.93. The summed E-state index contributed by atoms with van der Waals surface area (Å²) in [6, 6.07) is 7.18. The van der Waals surface area contributed by atoms with Crippen LogP contribution in [0.3, 0.4) is 0 Å². The largest absolute Gasteiger partial charge is 0.303 e. The maximum atomic E-state index is 12.4. The van der Waals surface area contributed by atoms with Crippen molar-refractivity contribution in [2.45, 2.75) is 37.0 Å². The van der Waals surface area contributed by atoms with Crippen molar-refractivity contribution in [2.75, 3.05) is 25.4 Å². The van der Waals surface area contributed by atoms with Gasteiger partial charge < -0.3 is 4.90 Å². The fraction of sp³-hybridized carbons (Fsp3) is 0.500. The molecule has 130 valence electrons. The molecule has 1 aliphatic rings. The van der Waals surface area contributed by atoms with Gasteiger partial charge in [-0.2, -0.15) is 5.10 Å². The molecule has 1 aromatic carbocycles. The third-order valence-electron chi connectivity index (χ3n) is 4.73. The van der Waals surface area contributed by atoms with Gasteiger partial charge in [0.25, 0.3) is 0 Å². The van der Waals surface area contributed by atoms with Crippen molar-refractivity contribution >= 4 is 9.84 Å². The minimum atomic E-state index is -3.18. The van der Waals surface area contributed by atoms with Crippen LogP contribution in [0.15, 0.2) is 41.6 Å². The number of nitrogens with zero attached hydrogens (tertiary/aromatic N) is 2. The first-order valence-corrected chi connectivity index (χ1v) is 10.2. The number of nitrogens with one attached hydrogen (secondary N) is 1. The van der Waals surface area contributed by atoms with Gasteiger partial charge in [0.15, 0.2) is 9.84 Å². The van der Waals surface area contributed by atoms with Gasteiger partial charge in [0.05, 0.1) is 16.8 Å². The van der Waals surface area contributed by atoms with Gasteiger partial charge in [0.2, 0.25) is 0 Å². The zero-order valence-corrected chi connectivity index (χ0v) is 14.9. The summed E-state index contributed by atoms with van der Waals surface area (Å²) < 4.78 is 24.9. The van der Waals surface area contributed by atoms with Crippen molar-refractivity contribution in [2.24, 2.45) is 0 Å². The fourth-order valence-electron chi connectivity index (χ4n) is 3.42. The third-order valence-corrected chi connectivity index (χ3v) is 6.53. The Kier molecular flexibility index (Phi) is 5.36. The van der Waals surface area contributed by atoms with E-state index in [1.807, 2.05) is 31.5 Å². The zero-order chi connectivity index (χ0) is 17.0. The standard InChI is InChI=1S/C18H25N3O2S/c1-15-5-2-7-18(11-15)24(22,23)10-4-9-21-8-3-6-16(14-21)17-12-19-20-13-17/h2,5,7,11-13,16H,3-4,6,8-10,14H2,1H3,(H,19,20)/t16-/m0/s1. The smallest absolute Gasteiger partial charge is 0.178 e. The van der Waals surface area contributed by atoms with Crippen LogP contribution in [-0.4, -0.2) is 48.9 Å². The summed E-state index contributed by atoms with van der Waals surface area (Å²) in [4.78, 5) is 2.82. The van der Waals surface area contributed by atoms with E-state index in [9.17, 15) is 8.42 Å². The lowest BCUT2D eigenvalue weighted by Gasteiger charge is -2.32. The number of aromatic amines is 1. The second-order valence-corrected chi connectivity index (χ2v) is 8.77. The van der Waals surface area contributed by atoms with E-state index < -0.39 is 9.84 Å². The summed E-state index contributed by atoms with van der Waals surface area (Å²) in [5.41, 5.74) is 2.24. The van der Waals surface area contributed by atoms with Gasteiger partial charge in [-0.15, -0.1) is 0 Å². The second kappa shape index (κ2) is 7.49. The highest BCUT2D eigenvalue weighted by atomic mass is 32.2. The van der Waals surface area contributed by atoms with E-state index in [4.69, 9.17) is 0 Å². The molecule has 1 atom stereocenters. The number of hydrogen-bond donors (Lipinski definition) is 1. The van der Waals surface area contributed by atoms with Gasteiger partial charge >= 0.3 is 0 Å². The first-order chi connectivity index (χ1) is 11.5. The number of likely N-dealkylation sites (tertiary alicyclic amines) is 1. The molecule has 1 N–H and O–H groups in total. The van der Waals surface area contributed by atoms with Gasteiger partial charge in [0.1, 0.15) is 0 Å². The molecular formula is C18H25N3O2S. The monoisotopic (exact) mass is 347 g/mol. The number of aromatic nitrogens is 2. The normalized spacial score (nSPS) is 19.5. The summed E-state index contributed by atoms with van der Waals surface area (Å²) in [5, 5.41) is 6.91. The molecule has 5 nitrogen and oxygen atoms in total. The van der Waals surface area contributed by atoms with Crippen molar-refractivity contribution in [3.8, 4) is 0 Å². The van der Waals surface area contributed by atoms with E-state index in [0.29, 0.717) is 17.2 Å². The lowest BCUT2D eigenvalue weighted by Crippen LogP contribution is -2.35. The highest BCUT2D eigenvalue weighted by Crippen LogP contribution is 2.26. The predicted octanol–water partition coefficient (Wildman–Crippen LogP) is 2.76. The number of benzene rings is 1. The number of sulfone groups is 1. The summed E-state index contributed by atoms with van der Waals surface area (Å²) in [6.07, 6.45) is 6.87. The van der Waals surface area contributed by atoms with E-state index in [-0.39, 0.29) is 5.75 Å². The first-order valence-electron chi connectivity index (χ1n) is 8.55. The van der Waals surface area contributed by atoms with Crippen LogP contribution in [0.2, 0.25) is 0 Å². The van der Waals surface area contributed by atoms with E-state index in [1.54, 1.807) is 12.1 Å². The highest BCUT2D eigenvalue weighted by molar-refractivity contribution is 7.91. The van der Waals surface area contributed by atoms with Gasteiger partial charge in [-0.05, 0) is 68.5 Å². The van der Waals surface area contributed by atoms with Gasteiger partial charge in [-0.3, -0.25) is 5.10 Å². The quantitative estimate of drug-likeness (QED) is 0.872.